The molecular formula is C21H21N3O2S2. The zero-order valence-corrected chi connectivity index (χ0v) is 17.3. The van der Waals surface area contributed by atoms with Crippen LogP contribution in [0.5, 0.6) is 0 Å². The lowest BCUT2D eigenvalue weighted by atomic mass is 10.2. The van der Waals surface area contributed by atoms with Gasteiger partial charge in [0.25, 0.3) is 5.56 Å². The number of nitrogens with zero attached hydrogens (tertiary/aromatic N) is 1. The van der Waals surface area contributed by atoms with E-state index in [9.17, 15) is 9.59 Å². The van der Waals surface area contributed by atoms with Crippen molar-refractivity contribution in [2.45, 2.75) is 34.9 Å². The standard InChI is InChI=1S/C21H21N3O2S2/c1-14-8-10-16(11-9-14)22-20(26)15(2)28-21-23-17(12-19(25)24-21)13-27-18-6-4-3-5-7-18/h3-12,15H,13H2,1-2H3,(H,22,26)(H,23,24,25). The van der Waals surface area contributed by atoms with Gasteiger partial charge < -0.3 is 10.3 Å². The molecule has 3 aromatic rings. The van der Waals surface area contributed by atoms with Gasteiger partial charge in [-0.05, 0) is 38.1 Å². The molecule has 144 valence electrons. The third-order valence-corrected chi connectivity index (χ3v) is 5.91. The highest BCUT2D eigenvalue weighted by molar-refractivity contribution is 8.00. The highest BCUT2D eigenvalue weighted by Gasteiger charge is 2.16. The molecule has 0 bridgehead atoms. The first-order valence-corrected chi connectivity index (χ1v) is 10.7. The van der Waals surface area contributed by atoms with Gasteiger partial charge in [0.2, 0.25) is 5.91 Å². The molecule has 0 spiro atoms. The average molecular weight is 412 g/mol. The number of aromatic amines is 1. The number of carbonyl (C=O) groups excluding carboxylic acids is 1. The maximum atomic E-state index is 12.4. The molecule has 1 unspecified atom stereocenters. The highest BCUT2D eigenvalue weighted by Crippen LogP contribution is 2.24. The zero-order valence-electron chi connectivity index (χ0n) is 15.6. The second-order valence-electron chi connectivity index (χ2n) is 6.26. The first-order valence-electron chi connectivity index (χ1n) is 8.82. The van der Waals surface area contributed by atoms with Crippen LogP contribution in [-0.4, -0.2) is 21.1 Å². The molecule has 0 saturated carbocycles. The van der Waals surface area contributed by atoms with E-state index in [1.807, 2.05) is 61.5 Å². The number of amides is 1. The number of hydrogen-bond donors (Lipinski definition) is 2. The van der Waals surface area contributed by atoms with Crippen LogP contribution in [0.2, 0.25) is 0 Å². The Hall–Kier alpha value is -2.51. The molecule has 1 heterocycles. The molecule has 0 aliphatic rings. The van der Waals surface area contributed by atoms with Gasteiger partial charge in [-0.3, -0.25) is 9.59 Å². The number of thioether (sulfide) groups is 2. The van der Waals surface area contributed by atoms with Crippen molar-refractivity contribution < 1.29 is 4.79 Å². The van der Waals surface area contributed by atoms with Crippen molar-refractivity contribution in [2.75, 3.05) is 5.32 Å². The van der Waals surface area contributed by atoms with Gasteiger partial charge >= 0.3 is 0 Å². The number of anilines is 1. The quantitative estimate of drug-likeness (QED) is 0.443. The van der Waals surface area contributed by atoms with Gasteiger partial charge in [0, 0.05) is 22.4 Å². The van der Waals surface area contributed by atoms with Crippen molar-refractivity contribution in [3.8, 4) is 0 Å². The summed E-state index contributed by atoms with van der Waals surface area (Å²) in [5.41, 5.74) is 2.35. The monoisotopic (exact) mass is 411 g/mol. The fourth-order valence-corrected chi connectivity index (χ4v) is 4.03. The number of H-pyrrole nitrogens is 1. The Morgan fingerprint density at radius 3 is 2.57 bits per heavy atom. The number of aromatic nitrogens is 2. The molecule has 7 heteroatoms. The summed E-state index contributed by atoms with van der Waals surface area (Å²) in [6.07, 6.45) is 0. The van der Waals surface area contributed by atoms with Gasteiger partial charge in [0.05, 0.1) is 10.9 Å². The number of aryl methyl sites for hydroxylation is 1. The van der Waals surface area contributed by atoms with E-state index in [1.54, 1.807) is 18.7 Å². The van der Waals surface area contributed by atoms with E-state index in [0.717, 1.165) is 16.1 Å². The first-order chi connectivity index (χ1) is 13.5. The van der Waals surface area contributed by atoms with Crippen LogP contribution in [0.1, 0.15) is 18.2 Å². The van der Waals surface area contributed by atoms with E-state index in [4.69, 9.17) is 0 Å². The SMILES string of the molecule is Cc1ccc(NC(=O)C(C)Sc2nc(CSc3ccccc3)cc(=O)[nH]2)cc1. The normalized spacial score (nSPS) is 11.8. The second kappa shape index (κ2) is 9.61. The third kappa shape index (κ3) is 6.00. The van der Waals surface area contributed by atoms with Gasteiger partial charge in [-0.1, -0.05) is 47.7 Å². The van der Waals surface area contributed by atoms with E-state index in [0.29, 0.717) is 16.6 Å². The van der Waals surface area contributed by atoms with E-state index >= 15 is 0 Å². The molecular weight excluding hydrogens is 390 g/mol. The molecule has 1 aromatic heterocycles. The molecule has 1 amide bonds. The van der Waals surface area contributed by atoms with Crippen molar-refractivity contribution >= 4 is 35.1 Å². The van der Waals surface area contributed by atoms with Crippen molar-refractivity contribution in [3.05, 3.63) is 82.3 Å². The topological polar surface area (TPSA) is 74.8 Å². The molecule has 1 atom stereocenters. The van der Waals surface area contributed by atoms with E-state index in [-0.39, 0.29) is 11.5 Å². The maximum Gasteiger partial charge on any atom is 0.251 e. The van der Waals surface area contributed by atoms with Crippen LogP contribution >= 0.6 is 23.5 Å². The predicted octanol–water partition coefficient (Wildman–Crippen LogP) is 4.49. The summed E-state index contributed by atoms with van der Waals surface area (Å²) in [7, 11) is 0. The molecule has 0 fully saturated rings. The Labute approximate surface area is 172 Å². The minimum absolute atomic E-state index is 0.138. The zero-order chi connectivity index (χ0) is 19.9. The number of carbonyl (C=O) groups is 1. The fraction of sp³-hybridized carbons (Fsp3) is 0.190. The van der Waals surface area contributed by atoms with Crippen molar-refractivity contribution in [2.24, 2.45) is 0 Å². The van der Waals surface area contributed by atoms with E-state index in [2.05, 4.69) is 15.3 Å². The summed E-state index contributed by atoms with van der Waals surface area (Å²) in [5, 5.41) is 2.93. The van der Waals surface area contributed by atoms with Crippen LogP contribution in [0.4, 0.5) is 5.69 Å². The number of nitrogens with one attached hydrogen (secondary N) is 2. The number of benzene rings is 2. The Morgan fingerprint density at radius 1 is 1.14 bits per heavy atom. The van der Waals surface area contributed by atoms with Crippen LogP contribution in [-0.2, 0) is 10.5 Å². The Balaban J connectivity index is 1.62. The van der Waals surface area contributed by atoms with Crippen LogP contribution in [0.3, 0.4) is 0 Å². The molecule has 0 radical (unpaired) electrons. The lowest BCUT2D eigenvalue weighted by Gasteiger charge is -2.12. The molecule has 2 aromatic carbocycles. The average Bonchev–Trinajstić information content (AvgIpc) is 2.68. The molecule has 28 heavy (non-hydrogen) atoms. The summed E-state index contributed by atoms with van der Waals surface area (Å²) >= 11 is 2.85. The molecule has 0 saturated heterocycles. The minimum atomic E-state index is -0.401. The Bertz CT molecular complexity index is 989. The summed E-state index contributed by atoms with van der Waals surface area (Å²) in [4.78, 5) is 32.7. The van der Waals surface area contributed by atoms with E-state index < -0.39 is 5.25 Å². The molecule has 0 aliphatic carbocycles. The lowest BCUT2D eigenvalue weighted by Crippen LogP contribution is -2.23. The Morgan fingerprint density at radius 2 is 1.86 bits per heavy atom. The van der Waals surface area contributed by atoms with Gasteiger partial charge in [0.1, 0.15) is 0 Å². The smallest absolute Gasteiger partial charge is 0.251 e. The largest absolute Gasteiger partial charge is 0.325 e. The first kappa shape index (κ1) is 20.2. The van der Waals surface area contributed by atoms with Crippen molar-refractivity contribution in [1.82, 2.24) is 9.97 Å². The summed E-state index contributed by atoms with van der Waals surface area (Å²) in [6, 6.07) is 19.1. The highest BCUT2D eigenvalue weighted by atomic mass is 32.2. The van der Waals surface area contributed by atoms with Crippen molar-refractivity contribution in [3.63, 3.8) is 0 Å². The number of rotatable bonds is 7. The molecule has 0 aliphatic heterocycles. The van der Waals surface area contributed by atoms with Gasteiger partial charge in [-0.25, -0.2) is 4.98 Å². The second-order valence-corrected chi connectivity index (χ2v) is 8.64. The third-order valence-electron chi connectivity index (χ3n) is 3.88. The summed E-state index contributed by atoms with van der Waals surface area (Å²) in [5.74, 6) is 0.450. The molecule has 3 rings (SSSR count). The molecule has 5 nitrogen and oxygen atoms in total. The van der Waals surface area contributed by atoms with Crippen molar-refractivity contribution in [1.29, 1.82) is 0 Å². The minimum Gasteiger partial charge on any atom is -0.325 e. The van der Waals surface area contributed by atoms with Gasteiger partial charge in [-0.2, -0.15) is 0 Å². The molecule has 2 N–H and O–H groups in total. The van der Waals surface area contributed by atoms with Crippen LogP contribution in [0.25, 0.3) is 0 Å². The Kier molecular flexibility index (Phi) is 6.95. The van der Waals surface area contributed by atoms with Crippen LogP contribution < -0.4 is 10.9 Å². The lowest BCUT2D eigenvalue weighted by molar-refractivity contribution is -0.115. The fourth-order valence-electron chi connectivity index (χ4n) is 2.39. The maximum absolute atomic E-state index is 12.4. The van der Waals surface area contributed by atoms with Crippen LogP contribution in [0.15, 0.2) is 75.5 Å². The summed E-state index contributed by atoms with van der Waals surface area (Å²) in [6.45, 7) is 3.79. The van der Waals surface area contributed by atoms with E-state index in [1.165, 1.54) is 17.8 Å². The predicted molar refractivity (Wildman–Crippen MR) is 116 cm³/mol. The number of hydrogen-bond acceptors (Lipinski definition) is 5. The van der Waals surface area contributed by atoms with Crippen LogP contribution in [0, 0.1) is 6.92 Å². The summed E-state index contributed by atoms with van der Waals surface area (Å²) < 4.78 is 0. The van der Waals surface area contributed by atoms with Gasteiger partial charge in [-0.15, -0.1) is 11.8 Å². The van der Waals surface area contributed by atoms with Gasteiger partial charge in [0.15, 0.2) is 5.16 Å².